The summed E-state index contributed by atoms with van der Waals surface area (Å²) in [4.78, 5) is 7.23. The zero-order chi connectivity index (χ0) is 21.9. The topological polar surface area (TPSA) is 33.4 Å². The summed E-state index contributed by atoms with van der Waals surface area (Å²) in [5.41, 5.74) is 5.02. The van der Waals surface area contributed by atoms with Crippen molar-refractivity contribution in [3.8, 4) is 11.3 Å². The molecule has 3 heterocycles. The second-order valence-corrected chi connectivity index (χ2v) is 9.20. The van der Waals surface area contributed by atoms with Gasteiger partial charge in [0.2, 0.25) is 0 Å². The highest BCUT2D eigenvalue weighted by molar-refractivity contribution is 5.75. The first-order valence-electron chi connectivity index (χ1n) is 11.2. The summed E-state index contributed by atoms with van der Waals surface area (Å²) >= 11 is 0. The van der Waals surface area contributed by atoms with Crippen LogP contribution in [0.4, 0.5) is 14.6 Å². The van der Waals surface area contributed by atoms with Gasteiger partial charge in [0.25, 0.3) is 0 Å². The molecule has 0 unspecified atom stereocenters. The molecule has 1 saturated heterocycles. The highest BCUT2D eigenvalue weighted by atomic mass is 19.1. The maximum atomic E-state index is 14.5. The van der Waals surface area contributed by atoms with Gasteiger partial charge in [-0.15, -0.1) is 0 Å². The van der Waals surface area contributed by atoms with E-state index in [1.54, 1.807) is 28.9 Å². The SMILES string of the molecule is Cc1nc(N2CCC3(CC2)Cc2cccc(F)c2C3)c2ccnn2c1-c1ccccc1F. The Bertz CT molecular complexity index is 1340. The van der Waals surface area contributed by atoms with E-state index >= 15 is 0 Å². The lowest BCUT2D eigenvalue weighted by atomic mass is 9.76. The Kier molecular flexibility index (Phi) is 4.32. The van der Waals surface area contributed by atoms with Crippen LogP contribution in [0.25, 0.3) is 16.8 Å². The van der Waals surface area contributed by atoms with Crippen molar-refractivity contribution in [2.75, 3.05) is 18.0 Å². The second-order valence-electron chi connectivity index (χ2n) is 9.20. The lowest BCUT2D eigenvalue weighted by molar-refractivity contribution is 0.231. The molecule has 0 amide bonds. The number of nitrogens with zero attached hydrogens (tertiary/aromatic N) is 4. The number of hydrogen-bond donors (Lipinski definition) is 0. The summed E-state index contributed by atoms with van der Waals surface area (Å²) in [6.07, 6.45) is 5.51. The van der Waals surface area contributed by atoms with Crippen LogP contribution in [0.15, 0.2) is 54.7 Å². The van der Waals surface area contributed by atoms with E-state index in [0.29, 0.717) is 11.3 Å². The fourth-order valence-electron chi connectivity index (χ4n) is 5.62. The van der Waals surface area contributed by atoms with Gasteiger partial charge in [-0.3, -0.25) is 0 Å². The van der Waals surface area contributed by atoms with Crippen molar-refractivity contribution >= 4 is 11.3 Å². The quantitative estimate of drug-likeness (QED) is 0.429. The lowest BCUT2D eigenvalue weighted by Crippen LogP contribution is -2.41. The van der Waals surface area contributed by atoms with Gasteiger partial charge >= 0.3 is 0 Å². The molecule has 32 heavy (non-hydrogen) atoms. The number of hydrogen-bond acceptors (Lipinski definition) is 3. The maximum Gasteiger partial charge on any atom is 0.155 e. The van der Waals surface area contributed by atoms with Crippen LogP contribution in [-0.4, -0.2) is 27.7 Å². The van der Waals surface area contributed by atoms with Gasteiger partial charge in [-0.1, -0.05) is 24.3 Å². The Morgan fingerprint density at radius 1 is 0.906 bits per heavy atom. The number of fused-ring (bicyclic) bond motifs is 2. The summed E-state index contributed by atoms with van der Waals surface area (Å²) in [6.45, 7) is 3.64. The van der Waals surface area contributed by atoms with Crippen molar-refractivity contribution in [2.45, 2.75) is 32.6 Å². The first-order valence-corrected chi connectivity index (χ1v) is 11.2. The number of benzene rings is 2. The summed E-state index contributed by atoms with van der Waals surface area (Å²) < 4.78 is 30.7. The molecule has 1 fully saturated rings. The molecule has 162 valence electrons. The van der Waals surface area contributed by atoms with E-state index in [0.717, 1.165) is 61.4 Å². The van der Waals surface area contributed by atoms with Crippen LogP contribution < -0.4 is 4.90 Å². The van der Waals surface area contributed by atoms with Gasteiger partial charge in [-0.25, -0.2) is 18.3 Å². The Balaban J connectivity index is 1.32. The van der Waals surface area contributed by atoms with Crippen molar-refractivity contribution in [1.29, 1.82) is 0 Å². The van der Waals surface area contributed by atoms with E-state index in [-0.39, 0.29) is 17.0 Å². The summed E-state index contributed by atoms with van der Waals surface area (Å²) in [5.74, 6) is 0.537. The monoisotopic (exact) mass is 430 g/mol. The summed E-state index contributed by atoms with van der Waals surface area (Å²) in [5, 5.41) is 4.50. The second kappa shape index (κ2) is 7.12. The molecule has 1 aliphatic carbocycles. The van der Waals surface area contributed by atoms with Crippen molar-refractivity contribution in [1.82, 2.24) is 14.6 Å². The van der Waals surface area contributed by atoms with Crippen LogP contribution in [0.2, 0.25) is 0 Å². The Morgan fingerprint density at radius 2 is 1.69 bits per heavy atom. The third-order valence-corrected chi connectivity index (χ3v) is 7.29. The van der Waals surface area contributed by atoms with E-state index < -0.39 is 0 Å². The van der Waals surface area contributed by atoms with Gasteiger partial charge in [0.1, 0.15) is 17.2 Å². The molecule has 6 rings (SSSR count). The molecule has 6 heteroatoms. The number of aromatic nitrogens is 3. The fraction of sp³-hybridized carbons (Fsp3) is 0.308. The molecule has 0 radical (unpaired) electrons. The minimum Gasteiger partial charge on any atom is -0.355 e. The molecule has 0 bridgehead atoms. The van der Waals surface area contributed by atoms with E-state index in [4.69, 9.17) is 4.98 Å². The molecule has 4 aromatic rings. The standard InChI is InChI=1S/C26H24F2N4/c1-17-24(19-6-2-3-7-21(19)27)32-23(9-12-29-32)25(30-17)31-13-10-26(11-14-31)15-18-5-4-8-22(28)20(18)16-26/h2-9,12H,10-11,13-16H2,1H3. The first-order chi connectivity index (χ1) is 15.5. The molecule has 1 spiro atoms. The van der Waals surface area contributed by atoms with Crippen LogP contribution in [0.1, 0.15) is 29.7 Å². The molecule has 0 saturated carbocycles. The normalized spacial score (nSPS) is 17.3. The van der Waals surface area contributed by atoms with E-state index in [9.17, 15) is 8.78 Å². The predicted octanol–water partition coefficient (Wildman–Crippen LogP) is 5.37. The molecule has 4 nitrogen and oxygen atoms in total. The maximum absolute atomic E-state index is 14.5. The smallest absolute Gasteiger partial charge is 0.155 e. The van der Waals surface area contributed by atoms with Gasteiger partial charge in [0.15, 0.2) is 5.82 Å². The van der Waals surface area contributed by atoms with Crippen molar-refractivity contribution in [3.63, 3.8) is 0 Å². The van der Waals surface area contributed by atoms with Crippen molar-refractivity contribution < 1.29 is 8.78 Å². The van der Waals surface area contributed by atoms with Gasteiger partial charge < -0.3 is 4.90 Å². The largest absolute Gasteiger partial charge is 0.355 e. The number of aryl methyl sites for hydroxylation is 1. The van der Waals surface area contributed by atoms with E-state index in [1.165, 1.54) is 11.6 Å². The lowest BCUT2D eigenvalue weighted by Gasteiger charge is -2.40. The number of rotatable bonds is 2. The van der Waals surface area contributed by atoms with Crippen LogP contribution in [0.5, 0.6) is 0 Å². The molecular weight excluding hydrogens is 406 g/mol. The molecule has 2 aromatic carbocycles. The Hall–Kier alpha value is -3.28. The molecular formula is C26H24F2N4. The third-order valence-electron chi connectivity index (χ3n) is 7.29. The van der Waals surface area contributed by atoms with Gasteiger partial charge in [-0.05, 0) is 73.4 Å². The minimum absolute atomic E-state index is 0.0659. The fourth-order valence-corrected chi connectivity index (χ4v) is 5.62. The van der Waals surface area contributed by atoms with Gasteiger partial charge in [0.05, 0.1) is 17.6 Å². The molecule has 2 aliphatic rings. The summed E-state index contributed by atoms with van der Waals surface area (Å²) in [7, 11) is 0. The van der Waals surface area contributed by atoms with Crippen LogP contribution in [-0.2, 0) is 12.8 Å². The number of anilines is 1. The average molecular weight is 431 g/mol. The van der Waals surface area contributed by atoms with Gasteiger partial charge in [0, 0.05) is 18.7 Å². The van der Waals surface area contributed by atoms with Crippen molar-refractivity contribution in [3.05, 3.63) is 83.2 Å². The average Bonchev–Trinajstić information content (AvgIpc) is 3.41. The zero-order valence-electron chi connectivity index (χ0n) is 18.0. The van der Waals surface area contributed by atoms with Crippen molar-refractivity contribution in [2.24, 2.45) is 5.41 Å². The van der Waals surface area contributed by atoms with E-state index in [1.807, 2.05) is 25.1 Å². The molecule has 2 aromatic heterocycles. The highest BCUT2D eigenvalue weighted by Crippen LogP contribution is 2.46. The minimum atomic E-state index is -0.283. The highest BCUT2D eigenvalue weighted by Gasteiger charge is 2.41. The number of piperidine rings is 1. The molecule has 1 aliphatic heterocycles. The zero-order valence-corrected chi connectivity index (χ0v) is 18.0. The number of halogens is 2. The Labute approximate surface area is 185 Å². The summed E-state index contributed by atoms with van der Waals surface area (Å²) in [6, 6.07) is 14.2. The predicted molar refractivity (Wildman–Crippen MR) is 121 cm³/mol. The van der Waals surface area contributed by atoms with Crippen LogP contribution in [0, 0.1) is 24.0 Å². The molecule has 0 N–H and O–H groups in total. The van der Waals surface area contributed by atoms with Gasteiger partial charge in [-0.2, -0.15) is 5.10 Å². The molecule has 0 atom stereocenters. The van der Waals surface area contributed by atoms with E-state index in [2.05, 4.69) is 16.1 Å². The van der Waals surface area contributed by atoms with Crippen LogP contribution in [0.3, 0.4) is 0 Å². The first kappa shape index (κ1) is 19.4. The van der Waals surface area contributed by atoms with Crippen LogP contribution >= 0.6 is 0 Å². The third kappa shape index (κ3) is 2.93. The Morgan fingerprint density at radius 3 is 2.47 bits per heavy atom.